The zero-order chi connectivity index (χ0) is 15.6. The van der Waals surface area contributed by atoms with Crippen LogP contribution in [-0.4, -0.2) is 44.2 Å². The summed E-state index contributed by atoms with van der Waals surface area (Å²) >= 11 is 0. The maximum atomic E-state index is 13.5. The molecular formula is C17H28FN3. The Kier molecular flexibility index (Phi) is 4.89. The molecule has 3 nitrogen and oxygen atoms in total. The van der Waals surface area contributed by atoms with E-state index < -0.39 is 0 Å². The van der Waals surface area contributed by atoms with E-state index in [9.17, 15) is 4.39 Å². The minimum atomic E-state index is -0.186. The first-order valence-electron chi connectivity index (χ1n) is 7.77. The van der Waals surface area contributed by atoms with Gasteiger partial charge in [-0.15, -0.1) is 0 Å². The number of hydrogen-bond donors (Lipinski definition) is 1. The molecule has 1 fully saturated rings. The van der Waals surface area contributed by atoms with E-state index in [0.29, 0.717) is 6.42 Å². The molecule has 0 bridgehead atoms. The van der Waals surface area contributed by atoms with Crippen molar-refractivity contribution in [3.8, 4) is 0 Å². The van der Waals surface area contributed by atoms with Crippen LogP contribution in [0.5, 0.6) is 0 Å². The topological polar surface area (TPSA) is 32.5 Å². The summed E-state index contributed by atoms with van der Waals surface area (Å²) in [6.07, 6.45) is 4.46. The van der Waals surface area contributed by atoms with Crippen molar-refractivity contribution in [2.24, 2.45) is 5.73 Å². The van der Waals surface area contributed by atoms with Gasteiger partial charge in [0, 0.05) is 30.9 Å². The molecule has 0 aromatic heterocycles. The lowest BCUT2D eigenvalue weighted by molar-refractivity contribution is 0.0683. The van der Waals surface area contributed by atoms with Crippen LogP contribution < -0.4 is 10.6 Å². The molecule has 0 radical (unpaired) electrons. The van der Waals surface area contributed by atoms with Crippen molar-refractivity contribution >= 4 is 5.69 Å². The number of anilines is 1. The van der Waals surface area contributed by atoms with Gasteiger partial charge < -0.3 is 15.5 Å². The van der Waals surface area contributed by atoms with E-state index >= 15 is 0 Å². The SMILES string of the molecule is CC(N)Cc1cc(F)ccc1N(C)CC1(N(C)C)CCC1. The summed E-state index contributed by atoms with van der Waals surface area (Å²) in [6, 6.07) is 5.08. The van der Waals surface area contributed by atoms with Crippen molar-refractivity contribution in [3.05, 3.63) is 29.6 Å². The second-order valence-corrected chi connectivity index (χ2v) is 6.78. The molecule has 2 rings (SSSR count). The van der Waals surface area contributed by atoms with E-state index in [1.807, 2.05) is 13.0 Å². The van der Waals surface area contributed by atoms with Crippen LogP contribution in [0.15, 0.2) is 18.2 Å². The van der Waals surface area contributed by atoms with Gasteiger partial charge in [0.05, 0.1) is 0 Å². The van der Waals surface area contributed by atoms with Crippen molar-refractivity contribution in [2.45, 2.75) is 44.2 Å². The predicted molar refractivity (Wildman–Crippen MR) is 87.3 cm³/mol. The smallest absolute Gasteiger partial charge is 0.123 e. The van der Waals surface area contributed by atoms with Gasteiger partial charge in [-0.25, -0.2) is 4.39 Å². The standard InChI is InChI=1S/C17H28FN3/c1-13(19)10-14-11-15(18)6-7-16(14)21(4)12-17(20(2)3)8-5-9-17/h6-7,11,13H,5,8-10,12,19H2,1-4H3. The van der Waals surface area contributed by atoms with Crippen molar-refractivity contribution in [2.75, 3.05) is 32.6 Å². The highest BCUT2D eigenvalue weighted by Crippen LogP contribution is 2.38. The molecule has 0 amide bonds. The van der Waals surface area contributed by atoms with Crippen LogP contribution in [-0.2, 0) is 6.42 Å². The Morgan fingerprint density at radius 1 is 1.29 bits per heavy atom. The number of halogens is 1. The lowest BCUT2D eigenvalue weighted by atomic mass is 9.75. The van der Waals surface area contributed by atoms with Gasteiger partial charge in [0.15, 0.2) is 0 Å². The normalized spacial score (nSPS) is 18.4. The lowest BCUT2D eigenvalue weighted by Crippen LogP contribution is -2.56. The van der Waals surface area contributed by atoms with Crippen LogP contribution in [0.1, 0.15) is 31.7 Å². The minimum absolute atomic E-state index is 0.0328. The largest absolute Gasteiger partial charge is 0.373 e. The highest BCUT2D eigenvalue weighted by Gasteiger charge is 2.40. The third-order valence-electron chi connectivity index (χ3n) is 4.76. The first-order chi connectivity index (χ1) is 9.84. The Morgan fingerprint density at radius 2 is 1.95 bits per heavy atom. The molecule has 21 heavy (non-hydrogen) atoms. The van der Waals surface area contributed by atoms with Crippen LogP contribution >= 0.6 is 0 Å². The molecule has 1 atom stereocenters. The maximum absolute atomic E-state index is 13.5. The molecule has 2 N–H and O–H groups in total. The number of rotatable bonds is 6. The van der Waals surface area contributed by atoms with E-state index in [0.717, 1.165) is 17.8 Å². The maximum Gasteiger partial charge on any atom is 0.123 e. The summed E-state index contributed by atoms with van der Waals surface area (Å²) in [5, 5.41) is 0. The van der Waals surface area contributed by atoms with Gasteiger partial charge >= 0.3 is 0 Å². The highest BCUT2D eigenvalue weighted by molar-refractivity contribution is 5.54. The number of likely N-dealkylation sites (N-methyl/N-ethyl adjacent to an activating group) is 2. The Bertz CT molecular complexity index is 481. The third kappa shape index (κ3) is 3.55. The van der Waals surface area contributed by atoms with Gasteiger partial charge in [0.25, 0.3) is 0 Å². The highest BCUT2D eigenvalue weighted by atomic mass is 19.1. The summed E-state index contributed by atoms with van der Waals surface area (Å²) in [5.74, 6) is -0.186. The Labute approximate surface area is 127 Å². The van der Waals surface area contributed by atoms with Gasteiger partial charge in [-0.3, -0.25) is 0 Å². The van der Waals surface area contributed by atoms with Crippen LogP contribution in [0.4, 0.5) is 10.1 Å². The second kappa shape index (κ2) is 6.32. The zero-order valence-corrected chi connectivity index (χ0v) is 13.7. The minimum Gasteiger partial charge on any atom is -0.373 e. The average Bonchev–Trinajstić information content (AvgIpc) is 2.32. The van der Waals surface area contributed by atoms with Crippen molar-refractivity contribution in [1.29, 1.82) is 0 Å². The van der Waals surface area contributed by atoms with Gasteiger partial charge in [0.1, 0.15) is 5.82 Å². The Hall–Kier alpha value is -1.13. The van der Waals surface area contributed by atoms with Gasteiger partial charge in [0.2, 0.25) is 0 Å². The Balaban J connectivity index is 2.20. The van der Waals surface area contributed by atoms with Crippen molar-refractivity contribution in [3.63, 3.8) is 0 Å². The van der Waals surface area contributed by atoms with Crippen LogP contribution in [0.2, 0.25) is 0 Å². The molecule has 0 aliphatic heterocycles. The number of hydrogen-bond acceptors (Lipinski definition) is 3. The van der Waals surface area contributed by atoms with E-state index in [4.69, 9.17) is 5.73 Å². The van der Waals surface area contributed by atoms with Gasteiger partial charge in [-0.2, -0.15) is 0 Å². The summed E-state index contributed by atoms with van der Waals surface area (Å²) in [5.41, 5.74) is 8.27. The first-order valence-corrected chi connectivity index (χ1v) is 7.77. The predicted octanol–water partition coefficient (Wildman–Crippen LogP) is 2.64. The summed E-state index contributed by atoms with van der Waals surface area (Å²) in [7, 11) is 6.41. The summed E-state index contributed by atoms with van der Waals surface area (Å²) in [6.45, 7) is 2.93. The molecule has 0 heterocycles. The molecule has 118 valence electrons. The fourth-order valence-corrected chi connectivity index (χ4v) is 3.30. The van der Waals surface area contributed by atoms with E-state index in [1.54, 1.807) is 12.1 Å². The third-order valence-corrected chi connectivity index (χ3v) is 4.76. The quantitative estimate of drug-likeness (QED) is 0.875. The molecule has 4 heteroatoms. The summed E-state index contributed by atoms with van der Waals surface area (Å²) < 4.78 is 13.5. The van der Waals surface area contributed by atoms with E-state index in [1.165, 1.54) is 19.3 Å². The number of nitrogens with zero attached hydrogens (tertiary/aromatic N) is 2. The van der Waals surface area contributed by atoms with Crippen LogP contribution in [0, 0.1) is 5.82 Å². The monoisotopic (exact) mass is 293 g/mol. The number of benzene rings is 1. The van der Waals surface area contributed by atoms with E-state index in [-0.39, 0.29) is 17.4 Å². The molecular weight excluding hydrogens is 265 g/mol. The number of nitrogens with two attached hydrogens (primary N) is 1. The molecule has 1 aliphatic rings. The van der Waals surface area contributed by atoms with Gasteiger partial charge in [-0.05, 0) is 70.5 Å². The second-order valence-electron chi connectivity index (χ2n) is 6.78. The average molecular weight is 293 g/mol. The summed E-state index contributed by atoms with van der Waals surface area (Å²) in [4.78, 5) is 4.60. The molecule has 0 saturated heterocycles. The first kappa shape index (κ1) is 16.2. The zero-order valence-electron chi connectivity index (χ0n) is 13.7. The van der Waals surface area contributed by atoms with Crippen molar-refractivity contribution < 1.29 is 4.39 Å². The molecule has 1 aliphatic carbocycles. The van der Waals surface area contributed by atoms with E-state index in [2.05, 4.69) is 30.9 Å². The fraction of sp³-hybridized carbons (Fsp3) is 0.647. The molecule has 1 aromatic rings. The van der Waals surface area contributed by atoms with Crippen molar-refractivity contribution in [1.82, 2.24) is 4.90 Å². The fourth-order valence-electron chi connectivity index (χ4n) is 3.30. The van der Waals surface area contributed by atoms with Crippen LogP contribution in [0.3, 0.4) is 0 Å². The van der Waals surface area contributed by atoms with Crippen LogP contribution in [0.25, 0.3) is 0 Å². The lowest BCUT2D eigenvalue weighted by Gasteiger charge is -2.49. The molecule has 1 aromatic carbocycles. The van der Waals surface area contributed by atoms with Gasteiger partial charge in [-0.1, -0.05) is 0 Å². The molecule has 1 unspecified atom stereocenters. The Morgan fingerprint density at radius 3 is 2.43 bits per heavy atom. The molecule has 1 saturated carbocycles. The molecule has 0 spiro atoms.